The summed E-state index contributed by atoms with van der Waals surface area (Å²) in [6.07, 6.45) is 1.43. The van der Waals surface area contributed by atoms with Crippen LogP contribution in [0.2, 0.25) is 0 Å². The third-order valence-corrected chi connectivity index (χ3v) is 2.18. The molecule has 5 nitrogen and oxygen atoms in total. The molecule has 86 valence electrons. The van der Waals surface area contributed by atoms with E-state index < -0.39 is 23.2 Å². The number of allylic oxidation sites excluding steroid dienone is 1. The predicted octanol–water partition coefficient (Wildman–Crippen LogP) is 1.80. The number of benzene rings is 1. The number of aromatic carboxylic acids is 1. The van der Waals surface area contributed by atoms with Gasteiger partial charge in [0.25, 0.3) is 0 Å². The molecule has 0 aliphatic carbocycles. The Morgan fingerprint density at radius 1 is 1.31 bits per heavy atom. The van der Waals surface area contributed by atoms with E-state index in [0.717, 1.165) is 11.6 Å². The van der Waals surface area contributed by atoms with Crippen molar-refractivity contribution in [1.29, 1.82) is 0 Å². The number of carbonyl (C=O) groups is 1. The molecule has 4 N–H and O–H groups in total. The largest absolute Gasteiger partial charge is 0.504 e. The summed E-state index contributed by atoms with van der Waals surface area (Å²) >= 11 is 5.29. The number of halogens is 1. The highest BCUT2D eigenvalue weighted by Crippen LogP contribution is 2.39. The molecule has 0 atom stereocenters. The number of carboxylic acids is 1. The van der Waals surface area contributed by atoms with Gasteiger partial charge in [-0.3, -0.25) is 0 Å². The third-order valence-electron chi connectivity index (χ3n) is 2.00. The highest BCUT2D eigenvalue weighted by atomic mass is 35.5. The van der Waals surface area contributed by atoms with E-state index in [1.54, 1.807) is 0 Å². The summed E-state index contributed by atoms with van der Waals surface area (Å²) in [5.41, 5.74) is 0.858. The van der Waals surface area contributed by atoms with Crippen molar-refractivity contribution in [3.8, 4) is 17.2 Å². The lowest BCUT2D eigenvalue weighted by atomic mass is 10.0. The molecule has 1 rings (SSSR count). The number of rotatable bonds is 3. The van der Waals surface area contributed by atoms with Crippen molar-refractivity contribution in [1.82, 2.24) is 0 Å². The molecule has 0 saturated carbocycles. The summed E-state index contributed by atoms with van der Waals surface area (Å²) in [6.45, 7) is 0. The fourth-order valence-corrected chi connectivity index (χ4v) is 1.33. The maximum atomic E-state index is 10.8. The average molecular weight is 245 g/mol. The van der Waals surface area contributed by atoms with E-state index in [1.165, 1.54) is 6.08 Å². The molecule has 0 saturated heterocycles. The Bertz CT molecular complexity index is 453. The van der Waals surface area contributed by atoms with Gasteiger partial charge in [0.05, 0.1) is 5.56 Å². The molecular formula is C10H9ClO5. The lowest BCUT2D eigenvalue weighted by Crippen LogP contribution is -2.02. The average Bonchev–Trinajstić information content (AvgIpc) is 2.24. The zero-order chi connectivity index (χ0) is 12.3. The van der Waals surface area contributed by atoms with Gasteiger partial charge in [0.15, 0.2) is 11.5 Å². The molecule has 0 bridgehead atoms. The molecule has 16 heavy (non-hydrogen) atoms. The van der Waals surface area contributed by atoms with Gasteiger partial charge in [-0.25, -0.2) is 4.79 Å². The van der Waals surface area contributed by atoms with Crippen LogP contribution in [0.3, 0.4) is 0 Å². The second-order valence-electron chi connectivity index (χ2n) is 2.99. The monoisotopic (exact) mass is 244 g/mol. The first-order valence-electron chi connectivity index (χ1n) is 4.24. The summed E-state index contributed by atoms with van der Waals surface area (Å²) in [6, 6.07) is 0.870. The molecule has 1 aromatic carbocycles. The predicted molar refractivity (Wildman–Crippen MR) is 57.1 cm³/mol. The van der Waals surface area contributed by atoms with E-state index >= 15 is 0 Å². The standard InChI is InChI=1S/C10H9ClO5/c11-3-1-2-5-6(10(15)16)4-7(12)9(14)8(5)13/h1,3-4,12-14H,2H2,(H,15,16). The van der Waals surface area contributed by atoms with E-state index in [0.29, 0.717) is 0 Å². The van der Waals surface area contributed by atoms with Crippen molar-refractivity contribution in [3.63, 3.8) is 0 Å². The maximum absolute atomic E-state index is 10.8. The molecule has 0 aromatic heterocycles. The molecule has 0 aliphatic rings. The van der Waals surface area contributed by atoms with Crippen molar-refractivity contribution in [2.75, 3.05) is 0 Å². The number of hydrogen-bond donors (Lipinski definition) is 4. The third kappa shape index (κ3) is 2.20. The highest BCUT2D eigenvalue weighted by Gasteiger charge is 2.19. The SMILES string of the molecule is O=C(O)c1cc(O)c(O)c(O)c1CC=CCl. The molecule has 0 radical (unpaired) electrons. The fraction of sp³-hybridized carbons (Fsp3) is 0.100. The quantitative estimate of drug-likeness (QED) is 0.608. The Kier molecular flexibility index (Phi) is 3.63. The van der Waals surface area contributed by atoms with Crippen LogP contribution >= 0.6 is 11.6 Å². The number of phenolic OH excluding ortho intramolecular Hbond substituents is 3. The Balaban J connectivity index is 3.41. The summed E-state index contributed by atoms with van der Waals surface area (Å²) in [5.74, 6) is -3.41. The van der Waals surface area contributed by atoms with Crippen molar-refractivity contribution in [2.45, 2.75) is 6.42 Å². The number of phenols is 3. The molecule has 0 aliphatic heterocycles. The molecule has 6 heteroatoms. The zero-order valence-electron chi connectivity index (χ0n) is 8.01. The first-order valence-corrected chi connectivity index (χ1v) is 4.68. The van der Waals surface area contributed by atoms with Crippen molar-refractivity contribution in [3.05, 3.63) is 28.8 Å². The minimum absolute atomic E-state index is 0.0142. The van der Waals surface area contributed by atoms with Crippen LogP contribution in [0.25, 0.3) is 0 Å². The van der Waals surface area contributed by atoms with Crippen LogP contribution in [0.15, 0.2) is 17.7 Å². The van der Waals surface area contributed by atoms with Crippen LogP contribution < -0.4 is 0 Å². The van der Waals surface area contributed by atoms with Crippen LogP contribution in [0, 0.1) is 0 Å². The lowest BCUT2D eigenvalue weighted by Gasteiger charge is -2.09. The van der Waals surface area contributed by atoms with Crippen LogP contribution in [-0.4, -0.2) is 26.4 Å². The molecule has 0 unspecified atom stereocenters. The van der Waals surface area contributed by atoms with E-state index in [1.807, 2.05) is 0 Å². The Morgan fingerprint density at radius 3 is 2.44 bits per heavy atom. The van der Waals surface area contributed by atoms with Gasteiger partial charge in [-0.15, -0.1) is 0 Å². The smallest absolute Gasteiger partial charge is 0.336 e. The fourth-order valence-electron chi connectivity index (χ4n) is 1.24. The van der Waals surface area contributed by atoms with Crippen LogP contribution in [-0.2, 0) is 6.42 Å². The minimum atomic E-state index is -1.32. The van der Waals surface area contributed by atoms with Crippen molar-refractivity contribution >= 4 is 17.6 Å². The van der Waals surface area contributed by atoms with Gasteiger partial charge in [-0.05, 0) is 12.5 Å². The van der Waals surface area contributed by atoms with Crippen LogP contribution in [0.4, 0.5) is 0 Å². The van der Waals surface area contributed by atoms with Gasteiger partial charge >= 0.3 is 5.97 Å². The Morgan fingerprint density at radius 2 is 1.94 bits per heavy atom. The summed E-state index contributed by atoms with van der Waals surface area (Å²) in [5, 5.41) is 36.7. The van der Waals surface area contributed by atoms with Crippen molar-refractivity contribution in [2.24, 2.45) is 0 Å². The van der Waals surface area contributed by atoms with E-state index in [4.69, 9.17) is 21.8 Å². The second kappa shape index (κ2) is 4.76. The molecule has 0 amide bonds. The summed E-state index contributed by atoms with van der Waals surface area (Å²) < 4.78 is 0. The van der Waals surface area contributed by atoms with Gasteiger partial charge in [-0.1, -0.05) is 17.7 Å². The van der Waals surface area contributed by atoms with Gasteiger partial charge in [0, 0.05) is 11.1 Å². The Hall–Kier alpha value is -1.88. The number of aromatic hydroxyl groups is 3. The molecule has 0 spiro atoms. The first kappa shape index (κ1) is 12.2. The first-order chi connectivity index (χ1) is 7.49. The highest BCUT2D eigenvalue weighted by molar-refractivity contribution is 6.25. The van der Waals surface area contributed by atoms with Crippen LogP contribution in [0.1, 0.15) is 15.9 Å². The Labute approximate surface area is 95.8 Å². The van der Waals surface area contributed by atoms with Gasteiger partial charge in [-0.2, -0.15) is 0 Å². The zero-order valence-corrected chi connectivity index (χ0v) is 8.77. The van der Waals surface area contributed by atoms with Crippen LogP contribution in [0.5, 0.6) is 17.2 Å². The minimum Gasteiger partial charge on any atom is -0.504 e. The van der Waals surface area contributed by atoms with Crippen molar-refractivity contribution < 1.29 is 25.2 Å². The maximum Gasteiger partial charge on any atom is 0.336 e. The number of hydrogen-bond acceptors (Lipinski definition) is 4. The van der Waals surface area contributed by atoms with E-state index in [2.05, 4.69) is 0 Å². The van der Waals surface area contributed by atoms with E-state index in [-0.39, 0.29) is 17.5 Å². The molecule has 0 fully saturated rings. The topological polar surface area (TPSA) is 98.0 Å². The molecule has 1 aromatic rings. The van der Waals surface area contributed by atoms with E-state index in [9.17, 15) is 15.0 Å². The second-order valence-corrected chi connectivity index (χ2v) is 3.24. The van der Waals surface area contributed by atoms with Gasteiger partial charge < -0.3 is 20.4 Å². The normalized spacial score (nSPS) is 10.8. The van der Waals surface area contributed by atoms with Gasteiger partial charge in [0.1, 0.15) is 0 Å². The molecule has 0 heterocycles. The molecular weight excluding hydrogens is 236 g/mol. The lowest BCUT2D eigenvalue weighted by molar-refractivity contribution is 0.0694. The number of carboxylic acid groups (broad SMARTS) is 1. The summed E-state index contributed by atoms with van der Waals surface area (Å²) in [4.78, 5) is 10.8. The summed E-state index contributed by atoms with van der Waals surface area (Å²) in [7, 11) is 0. The van der Waals surface area contributed by atoms with Gasteiger partial charge in [0.2, 0.25) is 5.75 Å².